The van der Waals surface area contributed by atoms with Gasteiger partial charge >= 0.3 is 0 Å². The summed E-state index contributed by atoms with van der Waals surface area (Å²) in [6, 6.07) is 100. The van der Waals surface area contributed by atoms with Gasteiger partial charge in [0.15, 0.2) is 0 Å². The lowest BCUT2D eigenvalue weighted by molar-refractivity contribution is 0.795. The van der Waals surface area contributed by atoms with E-state index in [0.717, 1.165) is 175 Å². The fourth-order valence-corrected chi connectivity index (χ4v) is 16.0. The lowest BCUT2D eigenvalue weighted by atomic mass is 9.68. The topological polar surface area (TPSA) is 56.3 Å². The summed E-state index contributed by atoms with van der Waals surface area (Å²) in [6.07, 6.45) is 0. The average Bonchev–Trinajstić information content (AvgIpc) is 1.51. The van der Waals surface area contributed by atoms with Crippen molar-refractivity contribution in [2.75, 3.05) is 0 Å². The van der Waals surface area contributed by atoms with Crippen molar-refractivity contribution in [3.8, 4) is 78.9 Å². The van der Waals surface area contributed by atoms with Crippen LogP contribution in [0.1, 0.15) is 33.4 Å². The Hall–Kier alpha value is -12.4. The number of benzene rings is 16. The molecule has 89 heavy (non-hydrogen) atoms. The van der Waals surface area contributed by atoms with Crippen molar-refractivity contribution in [3.05, 3.63) is 323 Å². The smallest absolute Gasteiger partial charge is 0.202 e. The Labute approximate surface area is 512 Å². The molecule has 0 amide bonds. The van der Waals surface area contributed by atoms with Crippen LogP contribution < -0.4 is 0 Å². The summed E-state index contributed by atoms with van der Waals surface area (Å²) in [5.41, 5.74) is 19.1. The Bertz CT molecular complexity index is 5130. The van der Waals surface area contributed by atoms with Gasteiger partial charge in [-0.2, -0.15) is 10.5 Å². The largest absolute Gasteiger partial charge is 0.237 e. The fraction of sp³-hybridized carbons (Fsp3) is 0.0118. The summed E-state index contributed by atoms with van der Waals surface area (Å²) in [4.78, 5) is 8.40. The van der Waals surface area contributed by atoms with Crippen LogP contribution in [0.2, 0.25) is 0 Å². The summed E-state index contributed by atoms with van der Waals surface area (Å²) in [6.45, 7) is 17.1. The van der Waals surface area contributed by atoms with Crippen LogP contribution in [0.5, 0.6) is 0 Å². The van der Waals surface area contributed by atoms with Gasteiger partial charge in [-0.1, -0.05) is 243 Å². The Morgan fingerprint density at radius 3 is 0.640 bits per heavy atom. The number of hydrogen-bond acceptors (Lipinski definition) is 2. The average molecular weight is 1120 g/mol. The van der Waals surface area contributed by atoms with Gasteiger partial charge in [-0.3, -0.25) is 0 Å². The lowest BCUT2D eigenvalue weighted by Gasteiger charge is -2.32. The Morgan fingerprint density at radius 2 is 0.438 bits per heavy atom. The minimum absolute atomic E-state index is 0.645. The number of nitriles is 2. The van der Waals surface area contributed by atoms with Crippen LogP contribution in [-0.4, -0.2) is 0 Å². The van der Waals surface area contributed by atoms with E-state index >= 15 is 0 Å². The van der Waals surface area contributed by atoms with Crippen LogP contribution in [-0.2, 0) is 5.41 Å². The highest BCUT2D eigenvalue weighted by Gasteiger charge is 2.52. The van der Waals surface area contributed by atoms with Crippen LogP contribution in [0.3, 0.4) is 0 Å². The number of fused-ring (bicyclic) bond motifs is 18. The standard InChI is InChI=1S/C85H44N4/c1-88-83-69-31-15-11-27-65(69)81(66-28-12-16-32-70(66)83)51-37-41-59-57-39-35-49(79-61-23-7-3-19-53(61)73(47-86)54-20-4-8-24-62(54)79)43-75(57)85(77(59)45-51)76-44-50(80-63-25-9-5-21-55(63)74(48-87)56-22-6-10-26-64(56)80)36-40-58(76)60-42-38-52(46-78(60)85)82-67-29-13-17-33-71(67)84(89-2)72-34-18-14-30-68(72)82/h3-46H. The second-order valence-corrected chi connectivity index (χ2v) is 23.6. The highest BCUT2D eigenvalue weighted by atomic mass is 14.7. The van der Waals surface area contributed by atoms with Gasteiger partial charge in [0.25, 0.3) is 0 Å². The molecule has 4 nitrogen and oxygen atoms in total. The third-order valence-corrected chi connectivity index (χ3v) is 19.5. The van der Waals surface area contributed by atoms with E-state index < -0.39 is 5.41 Å². The van der Waals surface area contributed by atoms with E-state index in [4.69, 9.17) is 13.1 Å². The van der Waals surface area contributed by atoms with Gasteiger partial charge in [-0.25, -0.2) is 9.69 Å². The minimum atomic E-state index is -0.978. The molecule has 2 aliphatic rings. The van der Waals surface area contributed by atoms with Crippen molar-refractivity contribution in [2.24, 2.45) is 0 Å². The fourth-order valence-electron chi connectivity index (χ4n) is 16.0. The SMILES string of the molecule is [C-]#[N+]c1c2ccccc2c(-c2ccc3c(c2)C2(c4cc(-c5c6ccccc6c(C#N)c6ccccc56)ccc4-3)c3cc(-c4c5ccccc5c(C#N)c5ccccc45)ccc3-c3ccc(-c4c5ccccc5c([N+]#[C-])c5ccccc45)cc32)c2ccccc12. The van der Waals surface area contributed by atoms with Crippen LogP contribution in [0.15, 0.2) is 267 Å². The molecule has 18 rings (SSSR count). The normalized spacial score (nSPS) is 12.5. The van der Waals surface area contributed by atoms with Crippen LogP contribution in [0, 0.1) is 35.8 Å². The lowest BCUT2D eigenvalue weighted by Crippen LogP contribution is -2.26. The second-order valence-electron chi connectivity index (χ2n) is 23.6. The summed E-state index contributed by atoms with van der Waals surface area (Å²) in [5, 5.41) is 37.2. The van der Waals surface area contributed by atoms with Gasteiger partial charge in [0, 0.05) is 21.5 Å². The predicted octanol–water partition coefficient (Wildman–Crippen LogP) is 22.8. The van der Waals surface area contributed by atoms with Crippen molar-refractivity contribution in [1.82, 2.24) is 0 Å². The van der Waals surface area contributed by atoms with E-state index in [1.54, 1.807) is 0 Å². The summed E-state index contributed by atoms with van der Waals surface area (Å²) in [5.74, 6) is 0. The molecule has 0 N–H and O–H groups in total. The zero-order valence-electron chi connectivity index (χ0n) is 47.7. The van der Waals surface area contributed by atoms with E-state index in [-0.39, 0.29) is 0 Å². The van der Waals surface area contributed by atoms with Gasteiger partial charge in [0.2, 0.25) is 11.4 Å². The highest BCUT2D eigenvalue weighted by Crippen LogP contribution is 2.65. The minimum Gasteiger partial charge on any atom is -0.237 e. The van der Waals surface area contributed by atoms with Crippen LogP contribution >= 0.6 is 0 Å². The van der Waals surface area contributed by atoms with Crippen molar-refractivity contribution in [1.29, 1.82) is 10.5 Å². The summed E-state index contributed by atoms with van der Waals surface area (Å²) < 4.78 is 0. The molecular weight excluding hydrogens is 1080 g/mol. The molecular formula is C85H44N4. The van der Waals surface area contributed by atoms with Crippen molar-refractivity contribution in [2.45, 2.75) is 5.41 Å². The molecule has 0 unspecified atom stereocenters. The molecule has 16 aromatic rings. The molecule has 0 aliphatic heterocycles. The molecule has 0 saturated heterocycles. The third kappa shape index (κ3) is 6.67. The van der Waals surface area contributed by atoms with Crippen molar-refractivity contribution in [3.63, 3.8) is 0 Å². The van der Waals surface area contributed by atoms with E-state index in [9.17, 15) is 10.5 Å². The zero-order valence-corrected chi connectivity index (χ0v) is 47.7. The maximum atomic E-state index is 10.9. The first-order valence-electron chi connectivity index (χ1n) is 29.9. The van der Waals surface area contributed by atoms with Crippen LogP contribution in [0.25, 0.3) is 163 Å². The highest BCUT2D eigenvalue weighted by molar-refractivity contribution is 6.24. The Morgan fingerprint density at radius 1 is 0.247 bits per heavy atom. The van der Waals surface area contributed by atoms with Crippen molar-refractivity contribution < 1.29 is 0 Å². The summed E-state index contributed by atoms with van der Waals surface area (Å²) >= 11 is 0. The molecule has 0 heterocycles. The van der Waals surface area contributed by atoms with Crippen molar-refractivity contribution >= 4 is 97.6 Å². The first kappa shape index (κ1) is 49.9. The molecule has 1 spiro atoms. The number of nitrogens with zero attached hydrogens (tertiary/aromatic N) is 4. The number of hydrogen-bond donors (Lipinski definition) is 0. The molecule has 0 aromatic heterocycles. The van der Waals surface area contributed by atoms with Crippen LogP contribution in [0.4, 0.5) is 11.4 Å². The first-order chi connectivity index (χ1) is 44.0. The predicted molar refractivity (Wildman–Crippen MR) is 366 cm³/mol. The maximum Gasteiger partial charge on any atom is 0.202 e. The van der Waals surface area contributed by atoms with E-state index in [1.807, 2.05) is 48.5 Å². The zero-order chi connectivity index (χ0) is 59.2. The van der Waals surface area contributed by atoms with E-state index in [0.29, 0.717) is 22.5 Å². The third-order valence-electron chi connectivity index (χ3n) is 19.5. The van der Waals surface area contributed by atoms with Gasteiger partial charge in [-0.15, -0.1) is 0 Å². The Balaban J connectivity index is 1.02. The summed E-state index contributed by atoms with van der Waals surface area (Å²) in [7, 11) is 0. The molecule has 16 aromatic carbocycles. The van der Waals surface area contributed by atoms with Gasteiger partial charge in [-0.05, 0) is 178 Å². The molecule has 0 atom stereocenters. The molecule has 0 radical (unpaired) electrons. The molecule has 4 heteroatoms. The second kappa shape index (κ2) is 18.8. The van der Waals surface area contributed by atoms with Gasteiger partial charge < -0.3 is 0 Å². The monoisotopic (exact) mass is 1120 g/mol. The van der Waals surface area contributed by atoms with E-state index in [2.05, 4.69) is 240 Å². The molecule has 0 bridgehead atoms. The molecule has 404 valence electrons. The molecule has 2 aliphatic carbocycles. The van der Waals surface area contributed by atoms with Gasteiger partial charge in [0.1, 0.15) is 12.1 Å². The Kier molecular flexibility index (Phi) is 10.5. The van der Waals surface area contributed by atoms with Gasteiger partial charge in [0.05, 0.1) is 29.7 Å². The van der Waals surface area contributed by atoms with E-state index in [1.165, 1.54) is 0 Å². The maximum absolute atomic E-state index is 10.9. The quantitative estimate of drug-likeness (QED) is 0.130. The molecule has 0 saturated carbocycles. The first-order valence-corrected chi connectivity index (χ1v) is 29.9. The number of rotatable bonds is 4. The molecule has 0 fully saturated rings.